The fourth-order valence-corrected chi connectivity index (χ4v) is 4.19. The lowest BCUT2D eigenvalue weighted by Crippen LogP contribution is -2.33. The molecule has 1 aromatic heterocycles. The van der Waals surface area contributed by atoms with Gasteiger partial charge < -0.3 is 9.88 Å². The number of rotatable bonds is 1. The zero-order valence-electron chi connectivity index (χ0n) is 10.6. The van der Waals surface area contributed by atoms with E-state index >= 15 is 0 Å². The average Bonchev–Trinajstić information content (AvgIpc) is 2.67. The van der Waals surface area contributed by atoms with Crippen LogP contribution in [-0.2, 0) is 12.8 Å². The van der Waals surface area contributed by atoms with Crippen molar-refractivity contribution in [2.75, 3.05) is 14.1 Å². The highest BCUT2D eigenvalue weighted by atomic mass is 79.9. The van der Waals surface area contributed by atoms with E-state index in [2.05, 4.69) is 68.0 Å². The van der Waals surface area contributed by atoms with Gasteiger partial charge in [-0.15, -0.1) is 0 Å². The van der Waals surface area contributed by atoms with Crippen LogP contribution in [0.2, 0.25) is 0 Å². The number of aryl methyl sites for hydroxylation is 1. The van der Waals surface area contributed by atoms with Crippen molar-refractivity contribution in [3.8, 4) is 0 Å². The summed E-state index contributed by atoms with van der Waals surface area (Å²) >= 11 is 7.23. The van der Waals surface area contributed by atoms with Gasteiger partial charge in [0.1, 0.15) is 0 Å². The molecule has 1 unspecified atom stereocenters. The van der Waals surface area contributed by atoms with E-state index in [9.17, 15) is 0 Å². The van der Waals surface area contributed by atoms with Crippen molar-refractivity contribution in [3.05, 3.63) is 32.3 Å². The molecule has 2 aromatic rings. The van der Waals surface area contributed by atoms with Crippen LogP contribution in [0.3, 0.4) is 0 Å². The van der Waals surface area contributed by atoms with E-state index in [1.807, 2.05) is 0 Å². The highest BCUT2D eigenvalue weighted by molar-refractivity contribution is 9.11. The van der Waals surface area contributed by atoms with Gasteiger partial charge in [0.2, 0.25) is 0 Å². The molecule has 0 saturated heterocycles. The molecule has 2 nitrogen and oxygen atoms in total. The minimum atomic E-state index is 0.661. The quantitative estimate of drug-likeness (QED) is 0.799. The number of hydrogen-bond acceptors (Lipinski definition) is 1. The second-order valence-electron chi connectivity index (χ2n) is 5.25. The molecule has 1 N–H and O–H groups in total. The minimum Gasteiger partial charge on any atom is -0.357 e. The van der Waals surface area contributed by atoms with Crippen molar-refractivity contribution in [3.63, 3.8) is 0 Å². The largest absolute Gasteiger partial charge is 0.357 e. The van der Waals surface area contributed by atoms with Crippen LogP contribution < -0.4 is 0 Å². The first-order valence-electron chi connectivity index (χ1n) is 6.21. The van der Waals surface area contributed by atoms with Crippen molar-refractivity contribution >= 4 is 42.8 Å². The third kappa shape index (κ3) is 2.04. The molecule has 1 aromatic carbocycles. The summed E-state index contributed by atoms with van der Waals surface area (Å²) < 4.78 is 2.28. The highest BCUT2D eigenvalue weighted by Gasteiger charge is 2.24. The van der Waals surface area contributed by atoms with Gasteiger partial charge >= 0.3 is 0 Å². The summed E-state index contributed by atoms with van der Waals surface area (Å²) in [7, 11) is 4.35. The Balaban J connectivity index is 2.15. The van der Waals surface area contributed by atoms with E-state index in [4.69, 9.17) is 0 Å². The number of hydrogen-bond donors (Lipinski definition) is 1. The van der Waals surface area contributed by atoms with Gasteiger partial charge in [0.25, 0.3) is 0 Å². The number of aromatic amines is 1. The van der Waals surface area contributed by atoms with Crippen molar-refractivity contribution in [2.45, 2.75) is 25.3 Å². The van der Waals surface area contributed by atoms with E-state index in [0.29, 0.717) is 6.04 Å². The van der Waals surface area contributed by atoms with Gasteiger partial charge in [0.15, 0.2) is 0 Å². The fraction of sp³-hybridized carbons (Fsp3) is 0.429. The lowest BCUT2D eigenvalue weighted by molar-refractivity contribution is 0.268. The number of aromatic nitrogens is 1. The number of nitrogens with zero attached hydrogens (tertiary/aromatic N) is 1. The normalized spacial score (nSPS) is 19.5. The minimum absolute atomic E-state index is 0.661. The molecule has 4 heteroatoms. The Kier molecular flexibility index (Phi) is 3.28. The van der Waals surface area contributed by atoms with Crippen LogP contribution >= 0.6 is 31.9 Å². The number of halogens is 2. The third-order valence-electron chi connectivity index (χ3n) is 3.92. The fourth-order valence-electron chi connectivity index (χ4n) is 2.86. The van der Waals surface area contributed by atoms with Gasteiger partial charge in [0, 0.05) is 26.1 Å². The van der Waals surface area contributed by atoms with E-state index in [1.165, 1.54) is 28.6 Å². The van der Waals surface area contributed by atoms with Gasteiger partial charge in [-0.2, -0.15) is 0 Å². The van der Waals surface area contributed by atoms with Crippen LogP contribution in [-0.4, -0.2) is 30.0 Å². The van der Waals surface area contributed by atoms with Gasteiger partial charge in [0.05, 0.1) is 5.52 Å². The Morgan fingerprint density at radius 1 is 1.28 bits per heavy atom. The number of H-pyrrole nitrogens is 1. The monoisotopic (exact) mass is 370 g/mol. The van der Waals surface area contributed by atoms with Gasteiger partial charge in [-0.05, 0) is 67.0 Å². The first kappa shape index (κ1) is 12.7. The maximum absolute atomic E-state index is 3.65. The maximum Gasteiger partial charge on any atom is 0.0604 e. The molecule has 0 aliphatic heterocycles. The van der Waals surface area contributed by atoms with E-state index < -0.39 is 0 Å². The lowest BCUT2D eigenvalue weighted by Gasteiger charge is -2.28. The summed E-state index contributed by atoms with van der Waals surface area (Å²) in [4.78, 5) is 5.93. The Morgan fingerprint density at radius 3 is 2.78 bits per heavy atom. The Hall–Kier alpha value is -0.320. The van der Waals surface area contributed by atoms with Crippen molar-refractivity contribution in [1.29, 1.82) is 0 Å². The number of fused-ring (bicyclic) bond motifs is 3. The van der Waals surface area contributed by atoms with Crippen LogP contribution in [0.4, 0.5) is 0 Å². The first-order chi connectivity index (χ1) is 8.56. The van der Waals surface area contributed by atoms with Gasteiger partial charge in [-0.3, -0.25) is 0 Å². The topological polar surface area (TPSA) is 19.0 Å². The van der Waals surface area contributed by atoms with Crippen LogP contribution in [0.15, 0.2) is 21.1 Å². The third-order valence-corrected chi connectivity index (χ3v) is 5.00. The Labute approximate surface area is 124 Å². The van der Waals surface area contributed by atoms with Crippen LogP contribution in [0, 0.1) is 0 Å². The molecule has 0 saturated carbocycles. The van der Waals surface area contributed by atoms with Gasteiger partial charge in [-0.25, -0.2) is 0 Å². The van der Waals surface area contributed by atoms with Crippen LogP contribution in [0.5, 0.6) is 0 Å². The molecule has 0 spiro atoms. The molecule has 1 aliphatic rings. The molecule has 0 radical (unpaired) electrons. The van der Waals surface area contributed by atoms with Crippen molar-refractivity contribution in [2.24, 2.45) is 0 Å². The average molecular weight is 372 g/mol. The Morgan fingerprint density at radius 2 is 2.06 bits per heavy atom. The zero-order chi connectivity index (χ0) is 12.9. The second kappa shape index (κ2) is 4.66. The standard InChI is InChI=1S/C14H16Br2N2/c1-18(2)9-3-4-13-10(7-9)11-5-8(15)6-12(16)14(11)17-13/h5-6,9,17H,3-4,7H2,1-2H3. The van der Waals surface area contributed by atoms with Crippen molar-refractivity contribution < 1.29 is 0 Å². The van der Waals surface area contributed by atoms with Crippen LogP contribution in [0.25, 0.3) is 10.9 Å². The lowest BCUT2D eigenvalue weighted by atomic mass is 9.91. The SMILES string of the molecule is CN(C)C1CCc2[nH]c3c(Br)cc(Br)cc3c2C1. The molecular formula is C14H16Br2N2. The molecule has 3 rings (SSSR count). The summed E-state index contributed by atoms with van der Waals surface area (Å²) in [5.74, 6) is 0. The summed E-state index contributed by atoms with van der Waals surface area (Å²) in [6, 6.07) is 5.00. The number of benzene rings is 1. The molecule has 0 amide bonds. The maximum atomic E-state index is 3.65. The summed E-state index contributed by atoms with van der Waals surface area (Å²) in [5.41, 5.74) is 4.15. The smallest absolute Gasteiger partial charge is 0.0604 e. The predicted molar refractivity (Wildman–Crippen MR) is 83.2 cm³/mol. The summed E-state index contributed by atoms with van der Waals surface area (Å²) in [5, 5.41) is 1.36. The molecule has 0 fully saturated rings. The molecule has 96 valence electrons. The molecular weight excluding hydrogens is 356 g/mol. The second-order valence-corrected chi connectivity index (χ2v) is 7.02. The van der Waals surface area contributed by atoms with E-state index in [-0.39, 0.29) is 0 Å². The van der Waals surface area contributed by atoms with E-state index in [0.717, 1.165) is 21.8 Å². The molecule has 1 heterocycles. The number of nitrogens with one attached hydrogen (secondary N) is 1. The van der Waals surface area contributed by atoms with Crippen molar-refractivity contribution in [1.82, 2.24) is 9.88 Å². The first-order valence-corrected chi connectivity index (χ1v) is 7.79. The Bertz CT molecular complexity index is 601. The van der Waals surface area contributed by atoms with E-state index in [1.54, 1.807) is 0 Å². The zero-order valence-corrected chi connectivity index (χ0v) is 13.7. The molecule has 18 heavy (non-hydrogen) atoms. The predicted octanol–water partition coefficient (Wildman–Crippen LogP) is 4.11. The molecule has 0 bridgehead atoms. The molecule has 1 aliphatic carbocycles. The van der Waals surface area contributed by atoms with Crippen LogP contribution in [0.1, 0.15) is 17.7 Å². The summed E-state index contributed by atoms with van der Waals surface area (Å²) in [6.07, 6.45) is 3.54. The molecule has 1 atom stereocenters. The van der Waals surface area contributed by atoms with Gasteiger partial charge in [-0.1, -0.05) is 15.9 Å². The summed E-state index contributed by atoms with van der Waals surface area (Å²) in [6.45, 7) is 0. The highest BCUT2D eigenvalue weighted by Crippen LogP contribution is 2.35. The number of likely N-dealkylation sites (N-methyl/N-ethyl adjacent to an activating group) is 1.